The zero-order chi connectivity index (χ0) is 14.1. The van der Waals surface area contributed by atoms with E-state index in [9.17, 15) is 9.59 Å². The lowest BCUT2D eigenvalue weighted by Gasteiger charge is -2.25. The number of carbonyl (C=O) groups is 2. The Balaban J connectivity index is 1.72. The molecule has 2 fully saturated rings. The van der Waals surface area contributed by atoms with Crippen LogP contribution in [0, 0.1) is 0 Å². The van der Waals surface area contributed by atoms with Gasteiger partial charge in [0.1, 0.15) is 5.69 Å². The summed E-state index contributed by atoms with van der Waals surface area (Å²) in [5.41, 5.74) is 6.01. The fourth-order valence-electron chi connectivity index (χ4n) is 2.75. The number of nitrogens with zero attached hydrogens (tertiary/aromatic N) is 1. The second-order valence-corrected chi connectivity index (χ2v) is 5.65. The molecule has 0 spiro atoms. The highest BCUT2D eigenvalue weighted by molar-refractivity contribution is 5.98. The number of H-pyrrole nitrogens is 1. The van der Waals surface area contributed by atoms with Crippen molar-refractivity contribution in [1.82, 2.24) is 15.2 Å². The first-order chi connectivity index (χ1) is 9.65. The van der Waals surface area contributed by atoms with Crippen molar-refractivity contribution in [1.29, 1.82) is 0 Å². The molecule has 2 aliphatic rings. The number of hydrogen-bond acceptors (Lipinski definition) is 3. The van der Waals surface area contributed by atoms with Gasteiger partial charge in [0, 0.05) is 24.8 Å². The third kappa shape index (κ3) is 2.70. The number of nitrogens with two attached hydrogens (primary N) is 1. The van der Waals surface area contributed by atoms with Crippen LogP contribution in [-0.4, -0.2) is 46.9 Å². The van der Waals surface area contributed by atoms with Gasteiger partial charge in [0.15, 0.2) is 0 Å². The Morgan fingerprint density at radius 1 is 1.35 bits per heavy atom. The minimum Gasteiger partial charge on any atom is -0.366 e. The highest BCUT2D eigenvalue weighted by Crippen LogP contribution is 2.29. The highest BCUT2D eigenvalue weighted by atomic mass is 16.2. The van der Waals surface area contributed by atoms with E-state index >= 15 is 0 Å². The number of rotatable bonds is 5. The average molecular weight is 276 g/mol. The summed E-state index contributed by atoms with van der Waals surface area (Å²) in [6.45, 7) is 1.78. The molecular formula is C14H20N4O2. The summed E-state index contributed by atoms with van der Waals surface area (Å²) in [6.07, 6.45) is 5.93. The van der Waals surface area contributed by atoms with Crippen molar-refractivity contribution in [3.8, 4) is 0 Å². The standard InChI is InChI=1S/C14H20N4O2/c15-13(19)9-6-12(17-7-9)14(20)18(11-3-4-11)8-10-2-1-5-16-10/h6-7,10-11,16-17H,1-5,8H2,(H2,15,19)/t10-/m0/s1. The van der Waals surface area contributed by atoms with Crippen molar-refractivity contribution in [3.63, 3.8) is 0 Å². The van der Waals surface area contributed by atoms with Crippen molar-refractivity contribution >= 4 is 11.8 Å². The molecule has 108 valence electrons. The molecule has 4 N–H and O–H groups in total. The van der Waals surface area contributed by atoms with Crippen LogP contribution < -0.4 is 11.1 Å². The molecule has 2 amide bonds. The van der Waals surface area contributed by atoms with Crippen LogP contribution in [0.4, 0.5) is 0 Å². The molecule has 0 bridgehead atoms. The smallest absolute Gasteiger partial charge is 0.270 e. The molecule has 0 radical (unpaired) electrons. The van der Waals surface area contributed by atoms with Crippen LogP contribution in [0.1, 0.15) is 46.5 Å². The van der Waals surface area contributed by atoms with E-state index in [1.165, 1.54) is 12.6 Å². The fraction of sp³-hybridized carbons (Fsp3) is 0.571. The Morgan fingerprint density at radius 2 is 2.15 bits per heavy atom. The summed E-state index contributed by atoms with van der Waals surface area (Å²) in [5, 5.41) is 3.42. The SMILES string of the molecule is NC(=O)c1c[nH]c(C(=O)N(C[C@@H]2CCCN2)C2CC2)c1. The Morgan fingerprint density at radius 3 is 2.70 bits per heavy atom. The number of carbonyl (C=O) groups excluding carboxylic acids is 2. The average Bonchev–Trinajstić information content (AvgIpc) is 2.95. The molecule has 0 unspecified atom stereocenters. The second-order valence-electron chi connectivity index (χ2n) is 5.65. The number of aromatic nitrogens is 1. The Labute approximate surface area is 117 Å². The maximum atomic E-state index is 12.6. The van der Waals surface area contributed by atoms with Crippen molar-refractivity contribution in [3.05, 3.63) is 23.5 Å². The first kappa shape index (κ1) is 13.2. The summed E-state index contributed by atoms with van der Waals surface area (Å²) in [5.74, 6) is -0.551. The molecular weight excluding hydrogens is 256 g/mol. The van der Waals surface area contributed by atoms with Crippen molar-refractivity contribution in [2.45, 2.75) is 37.8 Å². The van der Waals surface area contributed by atoms with Crippen LogP contribution in [0.2, 0.25) is 0 Å². The number of aromatic amines is 1. The zero-order valence-corrected chi connectivity index (χ0v) is 11.4. The summed E-state index contributed by atoms with van der Waals surface area (Å²) in [7, 11) is 0. The highest BCUT2D eigenvalue weighted by Gasteiger charge is 2.35. The Kier molecular flexibility index (Phi) is 3.48. The Hall–Kier alpha value is -1.82. The van der Waals surface area contributed by atoms with E-state index in [-0.39, 0.29) is 5.91 Å². The monoisotopic (exact) mass is 276 g/mol. The van der Waals surface area contributed by atoms with Gasteiger partial charge in [-0.05, 0) is 38.3 Å². The lowest BCUT2D eigenvalue weighted by molar-refractivity contribution is 0.0723. The predicted molar refractivity (Wildman–Crippen MR) is 74.4 cm³/mol. The van der Waals surface area contributed by atoms with Gasteiger partial charge in [0.2, 0.25) is 5.91 Å². The molecule has 3 rings (SSSR count). The number of nitrogens with one attached hydrogen (secondary N) is 2. The van der Waals surface area contributed by atoms with Crippen LogP contribution in [-0.2, 0) is 0 Å². The van der Waals surface area contributed by atoms with E-state index in [0.717, 1.165) is 32.4 Å². The fourth-order valence-corrected chi connectivity index (χ4v) is 2.75. The van der Waals surface area contributed by atoms with E-state index in [1.54, 1.807) is 6.07 Å². The molecule has 1 aromatic heterocycles. The number of hydrogen-bond donors (Lipinski definition) is 3. The van der Waals surface area contributed by atoms with Gasteiger partial charge in [-0.15, -0.1) is 0 Å². The quantitative estimate of drug-likeness (QED) is 0.730. The third-order valence-electron chi connectivity index (χ3n) is 4.03. The van der Waals surface area contributed by atoms with E-state index < -0.39 is 5.91 Å². The van der Waals surface area contributed by atoms with E-state index in [4.69, 9.17) is 5.73 Å². The van der Waals surface area contributed by atoms with Crippen LogP contribution in [0.15, 0.2) is 12.3 Å². The van der Waals surface area contributed by atoms with Gasteiger partial charge >= 0.3 is 0 Å². The van der Waals surface area contributed by atoms with Gasteiger partial charge in [0.25, 0.3) is 5.91 Å². The van der Waals surface area contributed by atoms with Crippen LogP contribution in [0.5, 0.6) is 0 Å². The number of amides is 2. The van der Waals surface area contributed by atoms with Gasteiger partial charge in [-0.3, -0.25) is 9.59 Å². The first-order valence-corrected chi connectivity index (χ1v) is 7.17. The van der Waals surface area contributed by atoms with Crippen molar-refractivity contribution < 1.29 is 9.59 Å². The van der Waals surface area contributed by atoms with E-state index in [0.29, 0.717) is 23.3 Å². The maximum absolute atomic E-state index is 12.6. The van der Waals surface area contributed by atoms with Gasteiger partial charge in [-0.25, -0.2) is 0 Å². The lowest BCUT2D eigenvalue weighted by atomic mass is 10.2. The van der Waals surface area contributed by atoms with Gasteiger partial charge < -0.3 is 20.9 Å². The summed E-state index contributed by atoms with van der Waals surface area (Å²) in [4.78, 5) is 28.5. The van der Waals surface area contributed by atoms with Crippen LogP contribution in [0.3, 0.4) is 0 Å². The van der Waals surface area contributed by atoms with E-state index in [2.05, 4.69) is 10.3 Å². The molecule has 6 nitrogen and oxygen atoms in total. The first-order valence-electron chi connectivity index (χ1n) is 7.17. The zero-order valence-electron chi connectivity index (χ0n) is 11.4. The van der Waals surface area contributed by atoms with Crippen LogP contribution in [0.25, 0.3) is 0 Å². The van der Waals surface area contributed by atoms with Crippen LogP contribution >= 0.6 is 0 Å². The molecule has 2 heterocycles. The summed E-state index contributed by atoms with van der Waals surface area (Å²) in [6, 6.07) is 2.29. The minimum atomic E-state index is -0.518. The molecule has 1 saturated carbocycles. The molecule has 1 aromatic rings. The molecule has 1 aliphatic carbocycles. The van der Waals surface area contributed by atoms with Crippen molar-refractivity contribution in [2.24, 2.45) is 5.73 Å². The summed E-state index contributed by atoms with van der Waals surface area (Å²) >= 11 is 0. The van der Waals surface area contributed by atoms with Crippen molar-refractivity contribution in [2.75, 3.05) is 13.1 Å². The maximum Gasteiger partial charge on any atom is 0.270 e. The molecule has 0 aromatic carbocycles. The van der Waals surface area contributed by atoms with Gasteiger partial charge in [0.05, 0.1) is 5.56 Å². The van der Waals surface area contributed by atoms with E-state index in [1.807, 2.05) is 4.90 Å². The van der Waals surface area contributed by atoms with Gasteiger partial charge in [-0.1, -0.05) is 0 Å². The molecule has 20 heavy (non-hydrogen) atoms. The molecule has 6 heteroatoms. The van der Waals surface area contributed by atoms with Gasteiger partial charge in [-0.2, -0.15) is 0 Å². The largest absolute Gasteiger partial charge is 0.366 e. The summed E-state index contributed by atoms with van der Waals surface area (Å²) < 4.78 is 0. The second kappa shape index (κ2) is 5.28. The third-order valence-corrected chi connectivity index (χ3v) is 4.03. The topological polar surface area (TPSA) is 91.2 Å². The Bertz CT molecular complexity index is 515. The normalized spacial score (nSPS) is 21.9. The molecule has 1 saturated heterocycles. The number of primary amides is 1. The molecule has 1 atom stereocenters. The lowest BCUT2D eigenvalue weighted by Crippen LogP contribution is -2.42. The molecule has 1 aliphatic heterocycles. The minimum absolute atomic E-state index is 0.0336. The predicted octanol–water partition coefficient (Wildman–Crippen LogP) is 0.470.